The third-order valence-corrected chi connectivity index (χ3v) is 7.00. The van der Waals surface area contributed by atoms with Gasteiger partial charge < -0.3 is 5.32 Å². The van der Waals surface area contributed by atoms with Crippen LogP contribution in [0, 0.1) is 5.92 Å². The summed E-state index contributed by atoms with van der Waals surface area (Å²) in [5, 5.41) is 3.31. The van der Waals surface area contributed by atoms with Crippen LogP contribution in [0.3, 0.4) is 0 Å². The maximum Gasteiger partial charge on any atom is 0.261 e. The lowest BCUT2D eigenvalue weighted by atomic mass is 9.79. The van der Waals surface area contributed by atoms with Gasteiger partial charge in [-0.15, -0.1) is 11.3 Å². The van der Waals surface area contributed by atoms with Crippen LogP contribution in [0.4, 0.5) is 0 Å². The SMILES string of the molecule is C[C@H]1[C@H](NC(=O)c2ccc(C3=CCC(=S)C=C3)s2)C2CCN1CC2. The van der Waals surface area contributed by atoms with Crippen LogP contribution in [0.1, 0.15) is 40.7 Å². The van der Waals surface area contributed by atoms with E-state index in [0.29, 0.717) is 12.0 Å². The van der Waals surface area contributed by atoms with E-state index in [1.807, 2.05) is 18.2 Å². The summed E-state index contributed by atoms with van der Waals surface area (Å²) in [6, 6.07) is 4.73. The lowest BCUT2D eigenvalue weighted by Gasteiger charge is -2.49. The van der Waals surface area contributed by atoms with Crippen molar-refractivity contribution in [1.29, 1.82) is 0 Å². The number of carbonyl (C=O) groups excluding carboxylic acids is 1. The van der Waals surface area contributed by atoms with Crippen molar-refractivity contribution in [1.82, 2.24) is 10.2 Å². The van der Waals surface area contributed by atoms with E-state index in [9.17, 15) is 4.79 Å². The van der Waals surface area contributed by atoms with Crippen molar-refractivity contribution >= 4 is 39.9 Å². The molecule has 5 heteroatoms. The summed E-state index contributed by atoms with van der Waals surface area (Å²) in [6.45, 7) is 4.62. The van der Waals surface area contributed by atoms with E-state index in [0.717, 1.165) is 21.0 Å². The predicted molar refractivity (Wildman–Crippen MR) is 104 cm³/mol. The van der Waals surface area contributed by atoms with Crippen molar-refractivity contribution in [3.63, 3.8) is 0 Å². The Hall–Kier alpha value is -1.30. The second-order valence-corrected chi connectivity index (χ2v) is 8.55. The minimum Gasteiger partial charge on any atom is -0.347 e. The Labute approximate surface area is 152 Å². The molecule has 0 saturated carbocycles. The maximum atomic E-state index is 12.7. The Morgan fingerprint density at radius 1 is 1.29 bits per heavy atom. The van der Waals surface area contributed by atoms with E-state index in [1.165, 1.54) is 31.5 Å². The lowest BCUT2D eigenvalue weighted by molar-refractivity contribution is 0.0218. The fourth-order valence-electron chi connectivity index (χ4n) is 4.09. The molecule has 3 saturated heterocycles. The summed E-state index contributed by atoms with van der Waals surface area (Å²) in [7, 11) is 0. The van der Waals surface area contributed by atoms with Gasteiger partial charge in [-0.05, 0) is 62.6 Å². The van der Waals surface area contributed by atoms with Crippen molar-refractivity contribution < 1.29 is 4.79 Å². The number of thiophene rings is 1. The van der Waals surface area contributed by atoms with Crippen LogP contribution in [0.25, 0.3) is 5.57 Å². The van der Waals surface area contributed by atoms with Crippen LogP contribution in [0.2, 0.25) is 0 Å². The number of thiocarbonyl (C=S) groups is 1. The van der Waals surface area contributed by atoms with Gasteiger partial charge in [0.2, 0.25) is 0 Å². The first-order valence-electron chi connectivity index (χ1n) is 8.68. The zero-order valence-corrected chi connectivity index (χ0v) is 15.5. The van der Waals surface area contributed by atoms with Crippen LogP contribution in [-0.4, -0.2) is 40.8 Å². The van der Waals surface area contributed by atoms with Crippen LogP contribution in [-0.2, 0) is 0 Å². The molecule has 1 N–H and O–H groups in total. The molecule has 4 aliphatic rings. The first-order chi connectivity index (χ1) is 11.6. The quantitative estimate of drug-likeness (QED) is 0.837. The van der Waals surface area contributed by atoms with E-state index in [2.05, 4.69) is 29.3 Å². The molecule has 1 aliphatic carbocycles. The molecule has 0 spiro atoms. The zero-order chi connectivity index (χ0) is 16.7. The Morgan fingerprint density at radius 2 is 2.08 bits per heavy atom. The molecular formula is C19H22N2OS2. The maximum absolute atomic E-state index is 12.7. The summed E-state index contributed by atoms with van der Waals surface area (Å²) in [5.41, 5.74) is 1.17. The molecule has 24 heavy (non-hydrogen) atoms. The second-order valence-electron chi connectivity index (χ2n) is 6.94. The van der Waals surface area contributed by atoms with Gasteiger partial charge in [0.05, 0.1) is 4.88 Å². The van der Waals surface area contributed by atoms with Gasteiger partial charge in [0.15, 0.2) is 0 Å². The van der Waals surface area contributed by atoms with Gasteiger partial charge >= 0.3 is 0 Å². The van der Waals surface area contributed by atoms with E-state index < -0.39 is 0 Å². The van der Waals surface area contributed by atoms with Crippen molar-refractivity contribution in [2.24, 2.45) is 5.92 Å². The largest absolute Gasteiger partial charge is 0.347 e. The first-order valence-corrected chi connectivity index (χ1v) is 9.90. The molecule has 4 heterocycles. The van der Waals surface area contributed by atoms with Crippen LogP contribution >= 0.6 is 23.6 Å². The summed E-state index contributed by atoms with van der Waals surface area (Å²) in [4.78, 5) is 18.1. The number of rotatable bonds is 3. The molecule has 0 radical (unpaired) electrons. The Kier molecular flexibility index (Phi) is 4.41. The third-order valence-electron chi connectivity index (χ3n) is 5.56. The number of fused-ring (bicyclic) bond motifs is 3. The molecule has 126 valence electrons. The fraction of sp³-hybridized carbons (Fsp3) is 0.474. The van der Waals surface area contributed by atoms with Gasteiger partial charge in [0.25, 0.3) is 5.91 Å². The van der Waals surface area contributed by atoms with Crippen LogP contribution in [0.5, 0.6) is 0 Å². The van der Waals surface area contributed by atoms with Gasteiger partial charge in [-0.25, -0.2) is 0 Å². The molecule has 0 aromatic carbocycles. The zero-order valence-electron chi connectivity index (χ0n) is 13.8. The molecule has 1 aromatic rings. The minimum atomic E-state index is 0.0766. The number of piperidine rings is 3. The Morgan fingerprint density at radius 3 is 2.75 bits per heavy atom. The number of hydrogen-bond donors (Lipinski definition) is 1. The normalized spacial score (nSPS) is 31.9. The van der Waals surface area contributed by atoms with Crippen LogP contribution in [0.15, 0.2) is 30.4 Å². The smallest absolute Gasteiger partial charge is 0.261 e. The highest BCUT2D eigenvalue weighted by molar-refractivity contribution is 7.80. The summed E-state index contributed by atoms with van der Waals surface area (Å²) in [6.07, 6.45) is 9.42. The highest BCUT2D eigenvalue weighted by Crippen LogP contribution is 2.33. The van der Waals surface area contributed by atoms with E-state index in [1.54, 1.807) is 11.3 Å². The average molecular weight is 359 g/mol. The summed E-state index contributed by atoms with van der Waals surface area (Å²) < 4.78 is 0. The molecule has 3 fully saturated rings. The molecule has 0 unspecified atom stereocenters. The number of nitrogens with zero attached hydrogens (tertiary/aromatic N) is 1. The fourth-order valence-corrected chi connectivity index (χ4v) is 5.18. The molecule has 1 aromatic heterocycles. The van der Waals surface area contributed by atoms with Crippen LogP contribution < -0.4 is 5.32 Å². The van der Waals surface area contributed by atoms with Gasteiger partial charge in [-0.3, -0.25) is 9.69 Å². The molecule has 1 amide bonds. The molecule has 2 atom stereocenters. The number of allylic oxidation sites excluding steroid dienone is 4. The average Bonchev–Trinajstić information content (AvgIpc) is 3.09. The van der Waals surface area contributed by atoms with E-state index in [4.69, 9.17) is 12.2 Å². The van der Waals surface area contributed by atoms with Gasteiger partial charge in [-0.2, -0.15) is 0 Å². The molecule has 3 aliphatic heterocycles. The van der Waals surface area contributed by atoms with Crippen molar-refractivity contribution in [2.75, 3.05) is 13.1 Å². The molecule has 2 bridgehead atoms. The minimum absolute atomic E-state index is 0.0766. The number of amides is 1. The highest BCUT2D eigenvalue weighted by Gasteiger charge is 2.40. The highest BCUT2D eigenvalue weighted by atomic mass is 32.1. The predicted octanol–water partition coefficient (Wildman–Crippen LogP) is 3.67. The van der Waals surface area contributed by atoms with Crippen molar-refractivity contribution in [3.05, 3.63) is 40.1 Å². The topological polar surface area (TPSA) is 32.3 Å². The number of nitrogens with one attached hydrogen (secondary N) is 1. The summed E-state index contributed by atoms with van der Waals surface area (Å²) in [5.74, 6) is 0.714. The molecule has 5 rings (SSSR count). The standard InChI is InChI=1S/C19H22N2OS2/c1-12-18(14-8-10-21(12)11-9-14)20-19(22)17-7-6-16(24-17)13-2-4-15(23)5-3-13/h2-4,6-7,12,14,18H,5,8-11H2,1H3,(H,20,22)/t12-,18-/m0/s1. The molecular weight excluding hydrogens is 336 g/mol. The molecule has 3 nitrogen and oxygen atoms in total. The van der Waals surface area contributed by atoms with E-state index >= 15 is 0 Å². The van der Waals surface area contributed by atoms with Crippen molar-refractivity contribution in [3.8, 4) is 0 Å². The summed E-state index contributed by atoms with van der Waals surface area (Å²) >= 11 is 6.76. The van der Waals surface area contributed by atoms with Gasteiger partial charge in [-0.1, -0.05) is 24.4 Å². The first kappa shape index (κ1) is 16.2. The van der Waals surface area contributed by atoms with Gasteiger partial charge in [0.1, 0.15) is 0 Å². The third kappa shape index (κ3) is 3.01. The lowest BCUT2D eigenvalue weighted by Crippen LogP contribution is -2.62. The van der Waals surface area contributed by atoms with Gasteiger partial charge in [0, 0.05) is 28.2 Å². The number of carbonyl (C=O) groups is 1. The second kappa shape index (κ2) is 6.54. The Balaban J connectivity index is 1.46. The van der Waals surface area contributed by atoms with E-state index in [-0.39, 0.29) is 11.9 Å². The monoisotopic (exact) mass is 358 g/mol. The Bertz CT molecular complexity index is 723. The number of hydrogen-bond acceptors (Lipinski definition) is 4. The van der Waals surface area contributed by atoms with Crippen molar-refractivity contribution in [2.45, 2.75) is 38.3 Å².